The first-order valence-electron chi connectivity index (χ1n) is 8.88. The average Bonchev–Trinajstić information content (AvgIpc) is 2.65. The number of phenols is 2. The molecule has 1 aliphatic rings. The van der Waals surface area contributed by atoms with Gasteiger partial charge in [-0.3, -0.25) is 4.79 Å². The van der Waals surface area contributed by atoms with Crippen molar-refractivity contribution in [2.24, 2.45) is 0 Å². The van der Waals surface area contributed by atoms with Gasteiger partial charge < -0.3 is 19.7 Å². The number of ether oxygens (including phenoxy) is 2. The molecule has 5 nitrogen and oxygen atoms in total. The Bertz CT molecular complexity index is 906. The third-order valence-corrected chi connectivity index (χ3v) is 4.85. The molecule has 2 aromatic rings. The lowest BCUT2D eigenvalue weighted by Gasteiger charge is -2.29. The zero-order chi connectivity index (χ0) is 19.7. The summed E-state index contributed by atoms with van der Waals surface area (Å²) in [5.41, 5.74) is 2.90. The first kappa shape index (κ1) is 18.8. The topological polar surface area (TPSA) is 76.0 Å². The molecule has 0 fully saturated rings. The number of benzene rings is 2. The molecule has 2 aromatic carbocycles. The predicted octanol–water partition coefficient (Wildman–Crippen LogP) is 4.63. The Labute approximate surface area is 158 Å². The van der Waals surface area contributed by atoms with Crippen molar-refractivity contribution in [3.63, 3.8) is 0 Å². The third-order valence-electron chi connectivity index (χ3n) is 4.85. The Hall–Kier alpha value is -2.95. The molecule has 3 rings (SSSR count). The summed E-state index contributed by atoms with van der Waals surface area (Å²) in [5.74, 6) is 0.547. The number of hydrogen-bond donors (Lipinski definition) is 2. The number of Topliss-reactive ketones (excluding diaryl/α,β-unsaturated/α-hetero) is 1. The summed E-state index contributed by atoms with van der Waals surface area (Å²) in [5, 5.41) is 21.0. The fraction of sp³-hybridized carbons (Fsp3) is 0.318. The Kier molecular flexibility index (Phi) is 5.13. The maximum Gasteiger partial charge on any atom is 0.174 e. The first-order valence-corrected chi connectivity index (χ1v) is 8.88. The summed E-state index contributed by atoms with van der Waals surface area (Å²) in [7, 11) is 1.59. The van der Waals surface area contributed by atoms with E-state index in [4.69, 9.17) is 9.47 Å². The molecular weight excluding hydrogens is 344 g/mol. The van der Waals surface area contributed by atoms with Gasteiger partial charge >= 0.3 is 0 Å². The predicted molar refractivity (Wildman–Crippen MR) is 103 cm³/mol. The van der Waals surface area contributed by atoms with Gasteiger partial charge in [0.2, 0.25) is 0 Å². The molecule has 1 atom stereocenters. The first-order chi connectivity index (χ1) is 12.8. The van der Waals surface area contributed by atoms with E-state index in [0.29, 0.717) is 17.5 Å². The van der Waals surface area contributed by atoms with Crippen molar-refractivity contribution in [3.05, 3.63) is 58.2 Å². The minimum absolute atomic E-state index is 0.0352. The number of ketones is 1. The smallest absolute Gasteiger partial charge is 0.174 e. The highest BCUT2D eigenvalue weighted by molar-refractivity contribution is 6.04. The number of methoxy groups -OCH3 is 1. The van der Waals surface area contributed by atoms with Crippen LogP contribution in [-0.2, 0) is 6.42 Å². The van der Waals surface area contributed by atoms with Crippen LogP contribution in [0.15, 0.2) is 35.9 Å². The summed E-state index contributed by atoms with van der Waals surface area (Å²) >= 11 is 0. The van der Waals surface area contributed by atoms with Crippen molar-refractivity contribution < 1.29 is 24.5 Å². The van der Waals surface area contributed by atoms with E-state index in [0.717, 1.165) is 16.9 Å². The summed E-state index contributed by atoms with van der Waals surface area (Å²) in [6.45, 7) is 5.52. The van der Waals surface area contributed by atoms with Crippen LogP contribution in [0.5, 0.6) is 23.0 Å². The van der Waals surface area contributed by atoms with Crippen molar-refractivity contribution in [3.8, 4) is 23.0 Å². The summed E-state index contributed by atoms with van der Waals surface area (Å²) in [4.78, 5) is 12.8. The van der Waals surface area contributed by atoms with Crippen LogP contribution in [0.4, 0.5) is 0 Å². The van der Waals surface area contributed by atoms with E-state index in [1.807, 2.05) is 44.2 Å². The van der Waals surface area contributed by atoms with E-state index in [1.165, 1.54) is 0 Å². The highest BCUT2D eigenvalue weighted by atomic mass is 16.5. The lowest BCUT2D eigenvalue weighted by molar-refractivity contribution is 0.0842. The van der Waals surface area contributed by atoms with Gasteiger partial charge in [-0.25, -0.2) is 0 Å². The molecule has 27 heavy (non-hydrogen) atoms. The fourth-order valence-corrected chi connectivity index (χ4v) is 3.24. The number of hydrogen-bond acceptors (Lipinski definition) is 5. The van der Waals surface area contributed by atoms with Gasteiger partial charge in [-0.05, 0) is 44.9 Å². The molecule has 0 bridgehead atoms. The number of fused-ring (bicyclic) bond motifs is 1. The lowest BCUT2D eigenvalue weighted by atomic mass is 9.90. The molecule has 1 unspecified atom stereocenters. The molecule has 2 N–H and O–H groups in total. The molecular formula is C22H24O5. The van der Waals surface area contributed by atoms with Crippen molar-refractivity contribution in [2.45, 2.75) is 39.7 Å². The maximum atomic E-state index is 12.8. The molecule has 142 valence electrons. The molecule has 0 saturated carbocycles. The zero-order valence-electron chi connectivity index (χ0n) is 16.0. The van der Waals surface area contributed by atoms with Crippen LogP contribution in [0.25, 0.3) is 0 Å². The summed E-state index contributed by atoms with van der Waals surface area (Å²) in [6, 6.07) is 7.33. The van der Waals surface area contributed by atoms with Crippen molar-refractivity contribution in [1.29, 1.82) is 0 Å². The van der Waals surface area contributed by atoms with Crippen LogP contribution < -0.4 is 9.47 Å². The van der Waals surface area contributed by atoms with Crippen LogP contribution in [0.2, 0.25) is 0 Å². The number of rotatable bonds is 4. The van der Waals surface area contributed by atoms with Gasteiger partial charge in [-0.2, -0.15) is 0 Å². The minimum atomic E-state index is -0.483. The second-order valence-electron chi connectivity index (χ2n) is 7.00. The van der Waals surface area contributed by atoms with Gasteiger partial charge in [-0.1, -0.05) is 23.8 Å². The number of allylic oxidation sites excluding steroid dienone is 2. The fourth-order valence-electron chi connectivity index (χ4n) is 3.24. The Morgan fingerprint density at radius 1 is 1.22 bits per heavy atom. The van der Waals surface area contributed by atoms with E-state index in [-0.39, 0.29) is 35.0 Å². The van der Waals surface area contributed by atoms with Crippen LogP contribution in [0.1, 0.15) is 53.4 Å². The molecule has 5 heteroatoms. The van der Waals surface area contributed by atoms with Gasteiger partial charge in [0.25, 0.3) is 0 Å². The molecule has 1 aliphatic heterocycles. The zero-order valence-corrected chi connectivity index (χ0v) is 16.0. The van der Waals surface area contributed by atoms with Crippen molar-refractivity contribution in [1.82, 2.24) is 0 Å². The van der Waals surface area contributed by atoms with Gasteiger partial charge in [0.1, 0.15) is 34.7 Å². The molecule has 0 aromatic heterocycles. The summed E-state index contributed by atoms with van der Waals surface area (Å²) < 4.78 is 11.3. The van der Waals surface area contributed by atoms with E-state index < -0.39 is 6.10 Å². The monoisotopic (exact) mass is 368 g/mol. The number of carbonyl (C=O) groups excluding carboxylic acids is 1. The normalized spacial score (nSPS) is 15.7. The van der Waals surface area contributed by atoms with Gasteiger partial charge in [0.05, 0.1) is 13.5 Å². The molecule has 0 amide bonds. The van der Waals surface area contributed by atoms with E-state index in [1.54, 1.807) is 14.0 Å². The third kappa shape index (κ3) is 3.50. The largest absolute Gasteiger partial charge is 0.507 e. The van der Waals surface area contributed by atoms with Crippen molar-refractivity contribution >= 4 is 5.78 Å². The van der Waals surface area contributed by atoms with E-state index in [2.05, 4.69) is 0 Å². The van der Waals surface area contributed by atoms with Crippen LogP contribution in [0, 0.1) is 6.92 Å². The van der Waals surface area contributed by atoms with Crippen LogP contribution in [-0.4, -0.2) is 23.1 Å². The molecule has 0 aliphatic carbocycles. The Morgan fingerprint density at radius 3 is 2.48 bits per heavy atom. The molecule has 1 heterocycles. The Morgan fingerprint density at radius 2 is 1.89 bits per heavy atom. The highest BCUT2D eigenvalue weighted by Crippen LogP contribution is 2.48. The average molecular weight is 368 g/mol. The second-order valence-corrected chi connectivity index (χ2v) is 7.00. The highest BCUT2D eigenvalue weighted by Gasteiger charge is 2.34. The second kappa shape index (κ2) is 7.35. The van der Waals surface area contributed by atoms with Crippen LogP contribution in [0.3, 0.4) is 0 Å². The number of carbonyl (C=O) groups is 1. The lowest BCUT2D eigenvalue weighted by Crippen LogP contribution is -2.22. The SMILES string of the molecule is COc1ccc(C2CC(=O)c3c(O)c(C)c(O)c(CC=C(C)C)c3O2)cc1. The van der Waals surface area contributed by atoms with E-state index >= 15 is 0 Å². The standard InChI is InChI=1S/C22H24O5/c1-12(2)5-10-16-20(24)13(3)21(25)19-17(23)11-18(27-22(16)19)14-6-8-15(26-4)9-7-14/h5-9,18,24-25H,10-11H2,1-4H3. The van der Waals surface area contributed by atoms with E-state index in [9.17, 15) is 15.0 Å². The molecule has 0 spiro atoms. The van der Waals surface area contributed by atoms with Crippen molar-refractivity contribution in [2.75, 3.05) is 7.11 Å². The minimum Gasteiger partial charge on any atom is -0.507 e. The van der Waals surface area contributed by atoms with Gasteiger partial charge in [0, 0.05) is 11.1 Å². The van der Waals surface area contributed by atoms with Crippen LogP contribution >= 0.6 is 0 Å². The quantitative estimate of drug-likeness (QED) is 0.770. The van der Waals surface area contributed by atoms with Gasteiger partial charge in [-0.15, -0.1) is 0 Å². The maximum absolute atomic E-state index is 12.8. The number of aromatic hydroxyl groups is 2. The van der Waals surface area contributed by atoms with Gasteiger partial charge in [0.15, 0.2) is 5.78 Å². The Balaban J connectivity index is 2.09. The molecule has 0 radical (unpaired) electrons. The molecule has 0 saturated heterocycles. The number of phenolic OH excluding ortho intramolecular Hbond substituents is 2. The summed E-state index contributed by atoms with van der Waals surface area (Å²) in [6.07, 6.45) is 2.01.